The number of rotatable bonds is 3. The fourth-order valence-electron chi connectivity index (χ4n) is 0.0596. The van der Waals surface area contributed by atoms with E-state index >= 15 is 0 Å². The first-order chi connectivity index (χ1) is 3.63. The Hall–Kier alpha value is 0.620. The van der Waals surface area contributed by atoms with Crippen molar-refractivity contribution in [1.82, 2.24) is 0 Å². The lowest BCUT2D eigenvalue weighted by molar-refractivity contribution is -0.118. The zero-order chi connectivity index (χ0) is 6.57. The first-order valence-corrected chi connectivity index (χ1v) is 3.66. The summed E-state index contributed by atoms with van der Waals surface area (Å²) < 4.78 is 7.02. The molecule has 0 saturated carbocycles. The minimum atomic E-state index is -2.66. The minimum Gasteiger partial charge on any atom is -0.327 e. The van der Waals surface area contributed by atoms with Crippen molar-refractivity contribution < 1.29 is 28.9 Å². The van der Waals surface area contributed by atoms with E-state index in [1.165, 1.54) is 0 Å². The summed E-state index contributed by atoms with van der Waals surface area (Å²) in [5.74, 6) is 0. The van der Waals surface area contributed by atoms with Gasteiger partial charge in [-0.25, -0.2) is 0 Å². The Kier molecular flexibility index (Phi) is 4.84. The van der Waals surface area contributed by atoms with Gasteiger partial charge in [-0.15, -0.1) is 9.35 Å². The van der Waals surface area contributed by atoms with Crippen LogP contribution < -0.4 is 0 Å². The molecule has 0 unspecified atom stereocenters. The molecule has 0 rings (SSSR count). The summed E-state index contributed by atoms with van der Waals surface area (Å²) >= 11 is 0. The zero-order valence-corrected chi connectivity index (χ0v) is 5.29. The van der Waals surface area contributed by atoms with Crippen molar-refractivity contribution in [1.29, 1.82) is 0 Å². The summed E-state index contributed by atoms with van der Waals surface area (Å²) in [6.45, 7) is 0. The molecule has 0 aromatic rings. The first-order valence-electron chi connectivity index (χ1n) is 1.33. The van der Waals surface area contributed by atoms with Crippen LogP contribution >= 0.6 is 17.2 Å². The highest BCUT2D eigenvalue weighted by Gasteiger charge is 2.05. The van der Waals surface area contributed by atoms with Crippen LogP contribution in [0.2, 0.25) is 0 Å². The van der Waals surface area contributed by atoms with Crippen LogP contribution in [0.15, 0.2) is 0 Å². The Balaban J connectivity index is 2.93. The molecule has 0 spiro atoms. The lowest BCUT2D eigenvalue weighted by atomic mass is 14.9. The van der Waals surface area contributed by atoms with Gasteiger partial charge >= 0.3 is 17.2 Å². The quantitative estimate of drug-likeness (QED) is 0.250. The van der Waals surface area contributed by atoms with E-state index in [0.717, 1.165) is 0 Å². The van der Waals surface area contributed by atoms with E-state index in [1.54, 1.807) is 0 Å². The van der Waals surface area contributed by atoms with Crippen LogP contribution in [-0.4, -0.2) is 19.6 Å². The second kappa shape index (κ2) is 4.49. The maximum absolute atomic E-state index is 7.86. The van der Waals surface area contributed by atoms with Gasteiger partial charge in [0, 0.05) is 0 Å². The van der Waals surface area contributed by atoms with E-state index in [1.807, 2.05) is 0 Å². The molecule has 0 aromatic heterocycles. The normalized spacial score (nSPS) is 11.2. The molecule has 0 fully saturated rings. The highest BCUT2D eigenvalue weighted by Crippen LogP contribution is 2.34. The van der Waals surface area contributed by atoms with Crippen molar-refractivity contribution in [2.45, 2.75) is 0 Å². The minimum absolute atomic E-state index is 2.66. The summed E-state index contributed by atoms with van der Waals surface area (Å²) in [4.78, 5) is 31.5. The molecule has 0 bridgehead atoms. The van der Waals surface area contributed by atoms with Crippen LogP contribution in [-0.2, 0) is 9.35 Å². The summed E-state index contributed by atoms with van der Waals surface area (Å²) in [7, 11) is -5.32. The molecule has 0 aliphatic carbocycles. The Morgan fingerprint density at radius 1 is 0.750 bits per heavy atom. The summed E-state index contributed by atoms with van der Waals surface area (Å²) in [5, 5.41) is 0. The Morgan fingerprint density at radius 3 is 1.12 bits per heavy atom. The molecule has 50 valence electrons. The molecule has 4 N–H and O–H groups in total. The van der Waals surface area contributed by atoms with Crippen LogP contribution in [0.1, 0.15) is 0 Å². The van der Waals surface area contributed by atoms with Gasteiger partial charge in [0.25, 0.3) is 0 Å². The zero-order valence-electron chi connectivity index (χ0n) is 3.50. The van der Waals surface area contributed by atoms with Crippen molar-refractivity contribution in [2.24, 2.45) is 0 Å². The Bertz CT molecular complexity index is 42.5. The van der Waals surface area contributed by atoms with Crippen LogP contribution in [0, 0.1) is 0 Å². The van der Waals surface area contributed by atoms with Crippen molar-refractivity contribution in [2.75, 3.05) is 0 Å². The van der Waals surface area contributed by atoms with Gasteiger partial charge in [0.2, 0.25) is 0 Å². The van der Waals surface area contributed by atoms with Gasteiger partial charge in [0.15, 0.2) is 0 Å². The van der Waals surface area contributed by atoms with E-state index < -0.39 is 17.2 Å². The highest BCUT2D eigenvalue weighted by atomic mass is 31.2. The molecule has 6 nitrogen and oxygen atoms in total. The summed E-state index contributed by atoms with van der Waals surface area (Å²) in [6, 6.07) is 0. The third kappa shape index (κ3) is 6.62. The van der Waals surface area contributed by atoms with Crippen LogP contribution in [0.5, 0.6) is 0 Å². The van der Waals surface area contributed by atoms with Gasteiger partial charge in [-0.1, -0.05) is 0 Å². The monoisotopic (exact) mass is 162 g/mol. The highest BCUT2D eigenvalue weighted by molar-refractivity contribution is 7.41. The molecular weight excluding hydrogens is 158 g/mol. The number of hydrogen-bond donors (Lipinski definition) is 4. The summed E-state index contributed by atoms with van der Waals surface area (Å²) in [6.07, 6.45) is 0. The van der Waals surface area contributed by atoms with Crippen LogP contribution in [0.3, 0.4) is 0 Å². The largest absolute Gasteiger partial charge is 0.358 e. The van der Waals surface area contributed by atoms with E-state index in [4.69, 9.17) is 19.6 Å². The van der Waals surface area contributed by atoms with Crippen LogP contribution in [0.4, 0.5) is 0 Å². The van der Waals surface area contributed by atoms with Gasteiger partial charge in [0.05, 0.1) is 0 Å². The molecule has 0 aromatic carbocycles. The van der Waals surface area contributed by atoms with Gasteiger partial charge in [0.1, 0.15) is 0 Å². The molecule has 0 radical (unpaired) electrons. The van der Waals surface area contributed by atoms with Gasteiger partial charge in [-0.3, -0.25) is 0 Å². The average molecular weight is 162 g/mol. The topological polar surface area (TPSA) is 99.4 Å². The standard InChI is InChI=1S/H4O6P2/c1-7(2)5-6-8(3)4/h1-4H. The Labute approximate surface area is 47.2 Å². The molecular formula is H4O6P2. The third-order valence-corrected chi connectivity index (χ3v) is 0.700. The van der Waals surface area contributed by atoms with E-state index in [9.17, 15) is 0 Å². The van der Waals surface area contributed by atoms with Crippen molar-refractivity contribution in [3.63, 3.8) is 0 Å². The molecule has 0 saturated heterocycles. The molecule has 0 heterocycles. The lowest BCUT2D eigenvalue weighted by Gasteiger charge is -2.00. The molecule has 0 aliphatic rings. The van der Waals surface area contributed by atoms with E-state index in [0.29, 0.717) is 0 Å². The van der Waals surface area contributed by atoms with Gasteiger partial charge in [-0.2, -0.15) is 0 Å². The second-order valence-electron chi connectivity index (χ2n) is 0.655. The second-order valence-corrected chi connectivity index (χ2v) is 1.96. The molecule has 8 heteroatoms. The first kappa shape index (κ1) is 8.62. The average Bonchev–Trinajstić information content (AvgIpc) is 1.61. The van der Waals surface area contributed by atoms with Gasteiger partial charge < -0.3 is 19.6 Å². The van der Waals surface area contributed by atoms with E-state index in [2.05, 4.69) is 9.35 Å². The fraction of sp³-hybridized carbons (Fsp3) is 0. The van der Waals surface area contributed by atoms with Crippen LogP contribution in [0.25, 0.3) is 0 Å². The predicted octanol–water partition coefficient (Wildman–Crippen LogP) is -0.642. The lowest BCUT2D eigenvalue weighted by Crippen LogP contribution is -1.81. The number of hydrogen-bond acceptors (Lipinski definition) is 6. The Morgan fingerprint density at radius 2 is 1.00 bits per heavy atom. The third-order valence-electron chi connectivity index (χ3n) is 0.167. The maximum Gasteiger partial charge on any atom is 0.358 e. The van der Waals surface area contributed by atoms with Crippen molar-refractivity contribution in [3.8, 4) is 0 Å². The molecule has 0 atom stereocenters. The molecule has 0 aliphatic heterocycles. The predicted molar refractivity (Wildman–Crippen MR) is 24.9 cm³/mol. The van der Waals surface area contributed by atoms with E-state index in [-0.39, 0.29) is 0 Å². The SMILES string of the molecule is OP(O)OOP(O)O. The molecule has 0 amide bonds. The van der Waals surface area contributed by atoms with Crippen molar-refractivity contribution in [3.05, 3.63) is 0 Å². The fourth-order valence-corrected chi connectivity index (χ4v) is 0.537. The molecule has 8 heavy (non-hydrogen) atoms. The summed E-state index contributed by atoms with van der Waals surface area (Å²) in [5.41, 5.74) is 0. The van der Waals surface area contributed by atoms with Crippen molar-refractivity contribution >= 4 is 17.2 Å². The maximum atomic E-state index is 7.86. The smallest absolute Gasteiger partial charge is 0.327 e. The van der Waals surface area contributed by atoms with Gasteiger partial charge in [-0.05, 0) is 0 Å².